The van der Waals surface area contributed by atoms with Crippen LogP contribution >= 0.6 is 0 Å². The maximum atomic E-state index is 13.9. The van der Waals surface area contributed by atoms with Gasteiger partial charge >= 0.3 is 0 Å². The third kappa shape index (κ3) is 3.47. The zero-order chi connectivity index (χ0) is 24.3. The summed E-state index contributed by atoms with van der Waals surface area (Å²) in [6.07, 6.45) is 7.36. The number of amides is 3. The van der Waals surface area contributed by atoms with E-state index in [9.17, 15) is 14.4 Å². The topological polar surface area (TPSA) is 66.5 Å². The van der Waals surface area contributed by atoms with Crippen molar-refractivity contribution in [3.8, 4) is 0 Å². The first-order valence-electron chi connectivity index (χ1n) is 13.0. The Labute approximate surface area is 206 Å². The van der Waals surface area contributed by atoms with E-state index in [1.165, 1.54) is 4.90 Å². The van der Waals surface area contributed by atoms with E-state index in [1.54, 1.807) is 0 Å². The lowest BCUT2D eigenvalue weighted by atomic mass is 9.63. The zero-order valence-corrected chi connectivity index (χ0v) is 20.3. The predicted octanol–water partition coefficient (Wildman–Crippen LogP) is 4.41. The smallest absolute Gasteiger partial charge is 0.248 e. The minimum absolute atomic E-state index is 0.143. The molecule has 5 heteroatoms. The fourth-order valence-electron chi connectivity index (χ4n) is 7.04. The molecule has 7 atom stereocenters. The molecule has 0 unspecified atom stereocenters. The van der Waals surface area contributed by atoms with Crippen LogP contribution in [0.4, 0.5) is 5.69 Å². The molecule has 2 aromatic rings. The van der Waals surface area contributed by atoms with Gasteiger partial charge in [0.05, 0.1) is 11.8 Å². The van der Waals surface area contributed by atoms with Crippen molar-refractivity contribution < 1.29 is 14.4 Å². The van der Waals surface area contributed by atoms with Crippen molar-refractivity contribution in [2.45, 2.75) is 45.6 Å². The molecule has 180 valence electrons. The molecule has 2 bridgehead atoms. The van der Waals surface area contributed by atoms with Gasteiger partial charge in [-0.15, -0.1) is 0 Å². The average molecular weight is 469 g/mol. The lowest BCUT2D eigenvalue weighted by Gasteiger charge is -2.37. The Hall–Kier alpha value is -3.21. The quantitative estimate of drug-likeness (QED) is 0.483. The summed E-state index contributed by atoms with van der Waals surface area (Å²) in [5.74, 6) is 0.160. The Morgan fingerprint density at radius 3 is 2.00 bits per heavy atom. The largest absolute Gasteiger partial charge is 0.324 e. The van der Waals surface area contributed by atoms with E-state index >= 15 is 0 Å². The molecular weight excluding hydrogens is 436 g/mol. The third-order valence-corrected chi connectivity index (χ3v) is 8.83. The molecule has 3 amide bonds. The van der Waals surface area contributed by atoms with Gasteiger partial charge in [-0.25, -0.2) is 0 Å². The lowest BCUT2D eigenvalue weighted by molar-refractivity contribution is -0.146. The Morgan fingerprint density at radius 1 is 0.886 bits per heavy atom. The number of hydrogen-bond acceptors (Lipinski definition) is 3. The third-order valence-electron chi connectivity index (χ3n) is 8.83. The van der Waals surface area contributed by atoms with Crippen LogP contribution in [0, 0.1) is 35.5 Å². The number of benzene rings is 2. The molecule has 0 spiro atoms. The maximum Gasteiger partial charge on any atom is 0.248 e. The van der Waals surface area contributed by atoms with E-state index in [1.807, 2.05) is 48.5 Å². The molecule has 2 saturated carbocycles. The van der Waals surface area contributed by atoms with Gasteiger partial charge in [0, 0.05) is 12.1 Å². The normalized spacial score (nSPS) is 30.7. The summed E-state index contributed by atoms with van der Waals surface area (Å²) in [5.41, 5.74) is 3.88. The van der Waals surface area contributed by atoms with Crippen LogP contribution in [0.5, 0.6) is 0 Å². The molecule has 3 fully saturated rings. The number of nitrogens with one attached hydrogen (secondary N) is 1. The second kappa shape index (κ2) is 8.47. The van der Waals surface area contributed by atoms with Gasteiger partial charge in [0.1, 0.15) is 6.04 Å². The number of allylic oxidation sites excluding steroid dienone is 2. The standard InChI is InChI=1S/C30H32N2O3/c1-3-18-11-8-12-19(4-2)27(18)31-28(33)24(15-17-9-6-5-7-10-17)32-29(34)25-20-13-14-21(23-16-22(20)23)26(25)30(32)35/h5-14,20-26H,3-4,15-16H2,1-2H3,(H,31,33)/t20-,21-,22-,23+,24-,25+,26+/m0/s1. The zero-order valence-electron chi connectivity index (χ0n) is 20.3. The number of anilines is 1. The monoisotopic (exact) mass is 468 g/mol. The summed E-state index contributed by atoms with van der Waals surface area (Å²) >= 11 is 0. The van der Waals surface area contributed by atoms with Crippen LogP contribution in [0.1, 0.15) is 37.0 Å². The molecule has 0 radical (unpaired) electrons. The number of hydrogen-bond donors (Lipinski definition) is 1. The fraction of sp³-hybridized carbons (Fsp3) is 0.433. The number of imide groups is 1. The number of carbonyl (C=O) groups excluding carboxylic acids is 3. The van der Waals surface area contributed by atoms with Crippen molar-refractivity contribution in [1.82, 2.24) is 4.90 Å². The predicted molar refractivity (Wildman–Crippen MR) is 134 cm³/mol. The highest BCUT2D eigenvalue weighted by Crippen LogP contribution is 2.65. The SMILES string of the molecule is CCc1cccc(CC)c1NC(=O)[C@H](Cc1ccccc1)N1C(=O)[C@@H]2[C@H]3C=C[C@@H]([C@@H]4C[C@H]34)[C@H]2C1=O. The number of nitrogens with zero attached hydrogens (tertiary/aromatic N) is 1. The average Bonchev–Trinajstić information content (AvgIpc) is 3.67. The lowest BCUT2D eigenvalue weighted by Crippen LogP contribution is -2.49. The molecule has 0 aromatic heterocycles. The number of rotatable bonds is 7. The van der Waals surface area contributed by atoms with Crippen molar-refractivity contribution in [3.05, 3.63) is 77.4 Å². The van der Waals surface area contributed by atoms with Gasteiger partial charge in [-0.05, 0) is 59.6 Å². The minimum atomic E-state index is -0.867. The molecule has 1 aliphatic heterocycles. The highest BCUT2D eigenvalue weighted by atomic mass is 16.2. The van der Waals surface area contributed by atoms with Crippen molar-refractivity contribution in [2.24, 2.45) is 35.5 Å². The number of carbonyl (C=O) groups is 3. The van der Waals surface area contributed by atoms with Gasteiger partial charge in [0.15, 0.2) is 0 Å². The minimum Gasteiger partial charge on any atom is -0.324 e. The Balaban J connectivity index is 1.35. The van der Waals surface area contributed by atoms with Crippen LogP contribution in [-0.2, 0) is 33.6 Å². The number of likely N-dealkylation sites (tertiary alicyclic amines) is 1. The first-order valence-corrected chi connectivity index (χ1v) is 13.0. The van der Waals surface area contributed by atoms with Crippen molar-refractivity contribution in [1.29, 1.82) is 0 Å². The highest BCUT2D eigenvalue weighted by Gasteiger charge is 2.67. The second-order valence-electron chi connectivity index (χ2n) is 10.6. The molecule has 1 heterocycles. The number of aryl methyl sites for hydroxylation is 2. The van der Waals surface area contributed by atoms with E-state index in [-0.39, 0.29) is 41.4 Å². The highest BCUT2D eigenvalue weighted by molar-refractivity contribution is 6.11. The van der Waals surface area contributed by atoms with Crippen LogP contribution in [0.3, 0.4) is 0 Å². The molecule has 35 heavy (non-hydrogen) atoms. The van der Waals surface area contributed by atoms with Gasteiger partial charge in [0.2, 0.25) is 17.7 Å². The summed E-state index contributed by atoms with van der Waals surface area (Å²) < 4.78 is 0. The summed E-state index contributed by atoms with van der Waals surface area (Å²) in [7, 11) is 0. The van der Waals surface area contributed by atoms with E-state index in [0.29, 0.717) is 18.3 Å². The van der Waals surface area contributed by atoms with Gasteiger partial charge in [-0.3, -0.25) is 19.3 Å². The van der Waals surface area contributed by atoms with E-state index < -0.39 is 6.04 Å². The Morgan fingerprint density at radius 2 is 1.46 bits per heavy atom. The van der Waals surface area contributed by atoms with Crippen LogP contribution in [-0.4, -0.2) is 28.7 Å². The van der Waals surface area contributed by atoms with Gasteiger partial charge in [-0.2, -0.15) is 0 Å². The van der Waals surface area contributed by atoms with Gasteiger partial charge < -0.3 is 5.32 Å². The molecule has 4 aliphatic carbocycles. The molecule has 5 aliphatic rings. The summed E-state index contributed by atoms with van der Waals surface area (Å²) in [6, 6.07) is 14.9. The summed E-state index contributed by atoms with van der Waals surface area (Å²) in [5, 5.41) is 3.16. The fourth-order valence-corrected chi connectivity index (χ4v) is 7.04. The van der Waals surface area contributed by atoms with Gasteiger partial charge in [0.25, 0.3) is 0 Å². The number of para-hydroxylation sites is 1. The maximum absolute atomic E-state index is 13.9. The van der Waals surface area contributed by atoms with Crippen LogP contribution < -0.4 is 5.32 Å². The van der Waals surface area contributed by atoms with Crippen LogP contribution in [0.15, 0.2) is 60.7 Å². The Bertz CT molecular complexity index is 1160. The molecule has 1 N–H and O–H groups in total. The van der Waals surface area contributed by atoms with E-state index in [0.717, 1.165) is 41.6 Å². The summed E-state index contributed by atoms with van der Waals surface area (Å²) in [4.78, 5) is 42.9. The van der Waals surface area contributed by atoms with Crippen LogP contribution in [0.2, 0.25) is 0 Å². The van der Waals surface area contributed by atoms with E-state index in [2.05, 4.69) is 31.3 Å². The summed E-state index contributed by atoms with van der Waals surface area (Å²) in [6.45, 7) is 4.14. The Kier molecular flexibility index (Phi) is 5.39. The second-order valence-corrected chi connectivity index (χ2v) is 10.6. The van der Waals surface area contributed by atoms with Crippen molar-refractivity contribution >= 4 is 23.4 Å². The molecular formula is C30H32N2O3. The first-order chi connectivity index (χ1) is 17.0. The first kappa shape index (κ1) is 22.3. The molecule has 2 aromatic carbocycles. The molecule has 7 rings (SSSR count). The van der Waals surface area contributed by atoms with Crippen LogP contribution in [0.25, 0.3) is 0 Å². The van der Waals surface area contributed by atoms with E-state index in [4.69, 9.17) is 0 Å². The van der Waals surface area contributed by atoms with Crippen molar-refractivity contribution in [3.63, 3.8) is 0 Å². The molecule has 1 saturated heterocycles. The van der Waals surface area contributed by atoms with Crippen molar-refractivity contribution in [2.75, 3.05) is 5.32 Å². The van der Waals surface area contributed by atoms with Gasteiger partial charge in [-0.1, -0.05) is 74.5 Å². The molecule has 5 nitrogen and oxygen atoms in total.